The maximum absolute atomic E-state index is 13.1. The molecule has 2 unspecified atom stereocenters. The molecule has 1 aliphatic rings. The van der Waals surface area contributed by atoms with Gasteiger partial charge >= 0.3 is 0 Å². The summed E-state index contributed by atoms with van der Waals surface area (Å²) in [4.78, 5) is 14.7. The lowest BCUT2D eigenvalue weighted by atomic mass is 9.80. The van der Waals surface area contributed by atoms with Gasteiger partial charge in [-0.3, -0.25) is 9.69 Å². The number of nitrogens with one attached hydrogen (secondary N) is 1. The number of nitrogens with two attached hydrogens (primary N) is 1. The summed E-state index contributed by atoms with van der Waals surface area (Å²) >= 11 is 0. The molecule has 4 nitrogen and oxygen atoms in total. The second-order valence-electron chi connectivity index (χ2n) is 7.94. The summed E-state index contributed by atoms with van der Waals surface area (Å²) in [5.41, 5.74) is 7.11. The Morgan fingerprint density at radius 2 is 1.96 bits per heavy atom. The fraction of sp³-hybridized carbons (Fsp3) is 0.632. The standard InChI is InChI=1S/C19H30FN3O.ClH/c1-13(2)18(14-5-7-15(20)8-6-14)22-17(24)11-23-10-9-16(21)19(3,4)12-23;/h5-8,13,16,18H,9-12,21H2,1-4H3,(H,22,24);1H. The van der Waals surface area contributed by atoms with Gasteiger partial charge in [-0.15, -0.1) is 12.4 Å². The van der Waals surface area contributed by atoms with Crippen LogP contribution in [0, 0.1) is 17.2 Å². The third-order valence-corrected chi connectivity index (χ3v) is 4.97. The van der Waals surface area contributed by atoms with Gasteiger partial charge in [-0.1, -0.05) is 39.8 Å². The van der Waals surface area contributed by atoms with Gasteiger partial charge in [0.15, 0.2) is 0 Å². The van der Waals surface area contributed by atoms with Crippen LogP contribution in [0.3, 0.4) is 0 Å². The molecule has 2 rings (SSSR count). The first-order valence-electron chi connectivity index (χ1n) is 8.72. The first kappa shape index (κ1) is 21.9. The lowest BCUT2D eigenvalue weighted by Gasteiger charge is -2.42. The second kappa shape index (κ2) is 8.97. The first-order valence-corrected chi connectivity index (χ1v) is 8.72. The van der Waals surface area contributed by atoms with Crippen molar-refractivity contribution in [2.24, 2.45) is 17.1 Å². The maximum Gasteiger partial charge on any atom is 0.234 e. The highest BCUT2D eigenvalue weighted by molar-refractivity contribution is 5.85. The zero-order valence-electron chi connectivity index (χ0n) is 15.6. The Kier molecular flexibility index (Phi) is 7.85. The zero-order chi connectivity index (χ0) is 17.9. The summed E-state index contributed by atoms with van der Waals surface area (Å²) in [7, 11) is 0. The summed E-state index contributed by atoms with van der Waals surface area (Å²) in [6.07, 6.45) is 0.909. The number of carbonyl (C=O) groups is 1. The predicted molar refractivity (Wildman–Crippen MR) is 102 cm³/mol. The van der Waals surface area contributed by atoms with Crippen LogP contribution in [0.25, 0.3) is 0 Å². The van der Waals surface area contributed by atoms with Gasteiger partial charge in [0.2, 0.25) is 5.91 Å². The molecule has 1 aromatic carbocycles. The van der Waals surface area contributed by atoms with Crippen LogP contribution in [0.2, 0.25) is 0 Å². The van der Waals surface area contributed by atoms with Gasteiger partial charge in [-0.2, -0.15) is 0 Å². The maximum atomic E-state index is 13.1. The van der Waals surface area contributed by atoms with Gasteiger partial charge in [-0.25, -0.2) is 4.39 Å². The summed E-state index contributed by atoms with van der Waals surface area (Å²) in [5, 5.41) is 3.10. The summed E-state index contributed by atoms with van der Waals surface area (Å²) < 4.78 is 13.1. The second-order valence-corrected chi connectivity index (χ2v) is 7.94. The Bertz CT molecular complexity index is 562. The summed E-state index contributed by atoms with van der Waals surface area (Å²) in [6.45, 7) is 10.5. The van der Waals surface area contributed by atoms with Crippen molar-refractivity contribution in [3.8, 4) is 0 Å². The molecule has 1 fully saturated rings. The lowest BCUT2D eigenvalue weighted by Crippen LogP contribution is -2.54. The van der Waals surface area contributed by atoms with E-state index < -0.39 is 0 Å². The molecule has 1 heterocycles. The Morgan fingerprint density at radius 3 is 2.48 bits per heavy atom. The van der Waals surface area contributed by atoms with Gasteiger partial charge in [0, 0.05) is 19.1 Å². The highest BCUT2D eigenvalue weighted by Crippen LogP contribution is 2.27. The molecule has 25 heavy (non-hydrogen) atoms. The van der Waals surface area contributed by atoms with E-state index in [1.54, 1.807) is 12.1 Å². The number of carbonyl (C=O) groups excluding carboxylic acids is 1. The molecule has 1 aliphatic heterocycles. The van der Waals surface area contributed by atoms with Crippen LogP contribution in [-0.4, -0.2) is 36.5 Å². The van der Waals surface area contributed by atoms with Crippen molar-refractivity contribution in [3.63, 3.8) is 0 Å². The third kappa shape index (κ3) is 5.94. The molecule has 2 atom stereocenters. The molecule has 0 aliphatic carbocycles. The average molecular weight is 372 g/mol. The Labute approximate surface area is 156 Å². The molecular formula is C19H31ClFN3O. The van der Waals surface area contributed by atoms with Crippen molar-refractivity contribution in [1.29, 1.82) is 0 Å². The van der Waals surface area contributed by atoms with Crippen molar-refractivity contribution >= 4 is 18.3 Å². The van der Waals surface area contributed by atoms with Crippen LogP contribution in [-0.2, 0) is 4.79 Å². The highest BCUT2D eigenvalue weighted by Gasteiger charge is 2.34. The number of nitrogens with zero attached hydrogens (tertiary/aromatic N) is 1. The van der Waals surface area contributed by atoms with E-state index in [-0.39, 0.29) is 47.5 Å². The molecule has 0 radical (unpaired) electrons. The fourth-order valence-electron chi connectivity index (χ4n) is 3.35. The normalized spacial score (nSPS) is 21.5. The van der Waals surface area contributed by atoms with E-state index in [1.807, 2.05) is 0 Å². The smallest absolute Gasteiger partial charge is 0.234 e. The van der Waals surface area contributed by atoms with E-state index in [2.05, 4.69) is 37.9 Å². The minimum Gasteiger partial charge on any atom is -0.348 e. The van der Waals surface area contributed by atoms with Crippen LogP contribution in [0.4, 0.5) is 4.39 Å². The van der Waals surface area contributed by atoms with Crippen LogP contribution < -0.4 is 11.1 Å². The molecule has 0 bridgehead atoms. The Hall–Kier alpha value is -1.17. The minimum atomic E-state index is -0.264. The molecule has 3 N–H and O–H groups in total. The fourth-order valence-corrected chi connectivity index (χ4v) is 3.35. The molecule has 0 aromatic heterocycles. The number of piperidine rings is 1. The molecule has 0 saturated carbocycles. The number of benzene rings is 1. The van der Waals surface area contributed by atoms with Crippen molar-refractivity contribution in [3.05, 3.63) is 35.6 Å². The highest BCUT2D eigenvalue weighted by atomic mass is 35.5. The number of likely N-dealkylation sites (tertiary alicyclic amines) is 1. The van der Waals surface area contributed by atoms with E-state index in [1.165, 1.54) is 12.1 Å². The van der Waals surface area contributed by atoms with Crippen molar-refractivity contribution in [2.45, 2.75) is 46.2 Å². The molecule has 1 amide bonds. The predicted octanol–water partition coefficient (Wildman–Crippen LogP) is 3.12. The average Bonchev–Trinajstić information content (AvgIpc) is 2.49. The SMILES string of the molecule is CC(C)C(NC(=O)CN1CCC(N)C(C)(C)C1)c1ccc(F)cc1.Cl. The van der Waals surface area contributed by atoms with E-state index in [9.17, 15) is 9.18 Å². The van der Waals surface area contributed by atoms with Gasteiger partial charge in [0.1, 0.15) is 5.82 Å². The minimum absolute atomic E-state index is 0. The van der Waals surface area contributed by atoms with Crippen LogP contribution in [0.5, 0.6) is 0 Å². The summed E-state index contributed by atoms with van der Waals surface area (Å²) in [5.74, 6) is -0.0330. The summed E-state index contributed by atoms with van der Waals surface area (Å²) in [6, 6.07) is 6.42. The van der Waals surface area contributed by atoms with Crippen LogP contribution in [0.15, 0.2) is 24.3 Å². The molecule has 1 saturated heterocycles. The topological polar surface area (TPSA) is 58.4 Å². The van der Waals surface area contributed by atoms with E-state index >= 15 is 0 Å². The lowest BCUT2D eigenvalue weighted by molar-refractivity contribution is -0.124. The van der Waals surface area contributed by atoms with Gasteiger partial charge in [0.25, 0.3) is 0 Å². The van der Waals surface area contributed by atoms with Crippen LogP contribution in [0.1, 0.15) is 45.7 Å². The van der Waals surface area contributed by atoms with Crippen LogP contribution >= 0.6 is 12.4 Å². The van der Waals surface area contributed by atoms with E-state index in [0.29, 0.717) is 6.54 Å². The molecular weight excluding hydrogens is 341 g/mol. The number of hydrogen-bond acceptors (Lipinski definition) is 3. The largest absolute Gasteiger partial charge is 0.348 e. The zero-order valence-corrected chi connectivity index (χ0v) is 16.4. The number of hydrogen-bond donors (Lipinski definition) is 2. The number of halogens is 2. The third-order valence-electron chi connectivity index (χ3n) is 4.97. The number of rotatable bonds is 5. The molecule has 6 heteroatoms. The van der Waals surface area contributed by atoms with Crippen molar-refractivity contribution < 1.29 is 9.18 Å². The van der Waals surface area contributed by atoms with Crippen molar-refractivity contribution in [2.75, 3.05) is 19.6 Å². The molecule has 1 aromatic rings. The van der Waals surface area contributed by atoms with Gasteiger partial charge in [0.05, 0.1) is 12.6 Å². The van der Waals surface area contributed by atoms with Gasteiger partial charge in [-0.05, 0) is 35.4 Å². The van der Waals surface area contributed by atoms with Gasteiger partial charge < -0.3 is 11.1 Å². The quantitative estimate of drug-likeness (QED) is 0.836. The monoisotopic (exact) mass is 371 g/mol. The number of amides is 1. The molecule has 142 valence electrons. The van der Waals surface area contributed by atoms with Crippen molar-refractivity contribution in [1.82, 2.24) is 10.2 Å². The first-order chi connectivity index (χ1) is 11.2. The Balaban J connectivity index is 0.00000312. The molecule has 0 spiro atoms. The van der Waals surface area contributed by atoms with E-state index in [0.717, 1.165) is 25.1 Å². The Morgan fingerprint density at radius 1 is 1.36 bits per heavy atom. The van der Waals surface area contributed by atoms with E-state index in [4.69, 9.17) is 5.73 Å².